The van der Waals surface area contributed by atoms with Gasteiger partial charge in [0, 0.05) is 39.3 Å². The third-order valence-electron chi connectivity index (χ3n) is 4.36. The Labute approximate surface area is 120 Å². The Hall–Kier alpha value is -0.970. The summed E-state index contributed by atoms with van der Waals surface area (Å²) >= 11 is 0. The lowest BCUT2D eigenvalue weighted by Crippen LogP contribution is -2.47. The van der Waals surface area contributed by atoms with Crippen LogP contribution in [0.25, 0.3) is 0 Å². The zero-order valence-electron chi connectivity index (χ0n) is 11.8. The standard InChI is InChI=1S/C16H23FN2O/c17-15-5-3-14(4-6-15)16(20)12-19-9-7-18(8-10-19)11-13-1-2-13/h3-6,13,16,20H,1-2,7-12H2. The molecule has 2 aliphatic rings. The Kier molecular flexibility index (Phi) is 4.34. The molecule has 3 rings (SSSR count). The van der Waals surface area contributed by atoms with Gasteiger partial charge < -0.3 is 10.0 Å². The molecule has 1 saturated heterocycles. The third kappa shape index (κ3) is 3.78. The minimum atomic E-state index is -0.523. The number of benzene rings is 1. The monoisotopic (exact) mass is 278 g/mol. The van der Waals surface area contributed by atoms with Gasteiger partial charge in [0.05, 0.1) is 6.10 Å². The van der Waals surface area contributed by atoms with Gasteiger partial charge in [-0.2, -0.15) is 0 Å². The number of rotatable bonds is 5. The first kappa shape index (κ1) is 14.0. The molecule has 1 aromatic rings. The van der Waals surface area contributed by atoms with Crippen LogP contribution in [0.15, 0.2) is 24.3 Å². The zero-order chi connectivity index (χ0) is 13.9. The fraction of sp³-hybridized carbons (Fsp3) is 0.625. The van der Waals surface area contributed by atoms with Crippen LogP contribution in [0.4, 0.5) is 4.39 Å². The molecule has 1 heterocycles. The van der Waals surface area contributed by atoms with E-state index in [-0.39, 0.29) is 5.82 Å². The van der Waals surface area contributed by atoms with E-state index in [9.17, 15) is 9.50 Å². The number of piperazine rings is 1. The minimum Gasteiger partial charge on any atom is -0.387 e. The van der Waals surface area contributed by atoms with Gasteiger partial charge in [-0.25, -0.2) is 4.39 Å². The van der Waals surface area contributed by atoms with Crippen molar-refractivity contribution in [1.29, 1.82) is 0 Å². The summed E-state index contributed by atoms with van der Waals surface area (Å²) in [5.74, 6) is 0.695. The van der Waals surface area contributed by atoms with Crippen molar-refractivity contribution in [2.45, 2.75) is 18.9 Å². The number of aliphatic hydroxyl groups excluding tert-OH is 1. The van der Waals surface area contributed by atoms with Gasteiger partial charge in [0.2, 0.25) is 0 Å². The first-order valence-corrected chi connectivity index (χ1v) is 7.59. The third-order valence-corrected chi connectivity index (χ3v) is 4.36. The highest BCUT2D eigenvalue weighted by Crippen LogP contribution is 2.30. The molecule has 0 amide bonds. The van der Waals surface area contributed by atoms with Crippen LogP contribution < -0.4 is 0 Å². The van der Waals surface area contributed by atoms with Gasteiger partial charge in [0.25, 0.3) is 0 Å². The van der Waals surface area contributed by atoms with Crippen LogP contribution >= 0.6 is 0 Å². The van der Waals surface area contributed by atoms with E-state index in [0.717, 1.165) is 37.7 Å². The van der Waals surface area contributed by atoms with Crippen molar-refractivity contribution >= 4 is 0 Å². The molecule has 1 aliphatic carbocycles. The van der Waals surface area contributed by atoms with E-state index in [1.165, 1.54) is 31.5 Å². The lowest BCUT2D eigenvalue weighted by Gasteiger charge is -2.35. The second-order valence-electron chi connectivity index (χ2n) is 6.11. The highest BCUT2D eigenvalue weighted by atomic mass is 19.1. The summed E-state index contributed by atoms with van der Waals surface area (Å²) in [6, 6.07) is 6.16. The van der Waals surface area contributed by atoms with Crippen LogP contribution in [0.5, 0.6) is 0 Å². The molecule has 0 bridgehead atoms. The fourth-order valence-corrected chi connectivity index (χ4v) is 2.85. The van der Waals surface area contributed by atoms with E-state index < -0.39 is 6.10 Å². The quantitative estimate of drug-likeness (QED) is 0.891. The van der Waals surface area contributed by atoms with E-state index in [1.807, 2.05) is 0 Å². The molecule has 2 fully saturated rings. The van der Waals surface area contributed by atoms with Gasteiger partial charge in [-0.1, -0.05) is 12.1 Å². The molecule has 110 valence electrons. The topological polar surface area (TPSA) is 26.7 Å². The Morgan fingerprint density at radius 3 is 2.25 bits per heavy atom. The van der Waals surface area contributed by atoms with Crippen molar-refractivity contribution in [2.75, 3.05) is 39.3 Å². The Morgan fingerprint density at radius 1 is 1.05 bits per heavy atom. The lowest BCUT2D eigenvalue weighted by molar-refractivity contribution is 0.0710. The van der Waals surface area contributed by atoms with Crippen LogP contribution in [-0.4, -0.2) is 54.2 Å². The largest absolute Gasteiger partial charge is 0.387 e. The molecule has 1 saturated carbocycles. The molecule has 1 atom stereocenters. The summed E-state index contributed by atoms with van der Waals surface area (Å²) in [5.41, 5.74) is 0.798. The number of aliphatic hydroxyl groups is 1. The van der Waals surface area contributed by atoms with Gasteiger partial charge in [-0.05, 0) is 36.5 Å². The molecular weight excluding hydrogens is 255 g/mol. The number of β-amino-alcohol motifs (C(OH)–C–C–N with tert-alkyl or cyclic N) is 1. The van der Waals surface area contributed by atoms with E-state index in [1.54, 1.807) is 12.1 Å². The van der Waals surface area contributed by atoms with E-state index in [4.69, 9.17) is 0 Å². The average Bonchev–Trinajstić information content (AvgIpc) is 3.26. The van der Waals surface area contributed by atoms with Crippen LogP contribution in [-0.2, 0) is 0 Å². The Balaban J connectivity index is 1.45. The molecule has 0 spiro atoms. The normalized spacial score (nSPS) is 22.9. The summed E-state index contributed by atoms with van der Waals surface area (Å²) in [4.78, 5) is 4.84. The summed E-state index contributed by atoms with van der Waals surface area (Å²) in [5, 5.41) is 10.2. The molecule has 3 nitrogen and oxygen atoms in total. The number of hydrogen-bond acceptors (Lipinski definition) is 3. The molecule has 4 heteroatoms. The minimum absolute atomic E-state index is 0.255. The van der Waals surface area contributed by atoms with Crippen LogP contribution in [0.3, 0.4) is 0 Å². The summed E-state index contributed by atoms with van der Waals surface area (Å²) in [7, 11) is 0. The van der Waals surface area contributed by atoms with Crippen molar-refractivity contribution in [2.24, 2.45) is 5.92 Å². The number of halogens is 1. The Bertz CT molecular complexity index is 425. The SMILES string of the molecule is OC(CN1CCN(CC2CC2)CC1)c1ccc(F)cc1. The number of hydrogen-bond donors (Lipinski definition) is 1. The van der Waals surface area contributed by atoms with Gasteiger partial charge in [0.15, 0.2) is 0 Å². The molecule has 20 heavy (non-hydrogen) atoms. The summed E-state index contributed by atoms with van der Waals surface area (Å²) < 4.78 is 12.9. The predicted molar refractivity (Wildman–Crippen MR) is 77.0 cm³/mol. The fourth-order valence-electron chi connectivity index (χ4n) is 2.85. The van der Waals surface area contributed by atoms with Crippen molar-refractivity contribution in [3.63, 3.8) is 0 Å². The summed E-state index contributed by atoms with van der Waals surface area (Å²) in [6.45, 7) is 6.15. The van der Waals surface area contributed by atoms with Crippen molar-refractivity contribution in [1.82, 2.24) is 9.80 Å². The van der Waals surface area contributed by atoms with Gasteiger partial charge in [-0.3, -0.25) is 4.90 Å². The van der Waals surface area contributed by atoms with Crippen molar-refractivity contribution < 1.29 is 9.50 Å². The van der Waals surface area contributed by atoms with Crippen LogP contribution in [0, 0.1) is 11.7 Å². The maximum atomic E-state index is 12.9. The highest BCUT2D eigenvalue weighted by molar-refractivity contribution is 5.18. The number of nitrogens with zero attached hydrogens (tertiary/aromatic N) is 2. The summed E-state index contributed by atoms with van der Waals surface area (Å²) in [6.07, 6.45) is 2.29. The van der Waals surface area contributed by atoms with E-state index in [2.05, 4.69) is 9.80 Å². The average molecular weight is 278 g/mol. The van der Waals surface area contributed by atoms with Crippen molar-refractivity contribution in [3.8, 4) is 0 Å². The first-order valence-electron chi connectivity index (χ1n) is 7.59. The highest BCUT2D eigenvalue weighted by Gasteiger charge is 2.26. The molecule has 1 aromatic carbocycles. The maximum absolute atomic E-state index is 12.9. The van der Waals surface area contributed by atoms with Gasteiger partial charge >= 0.3 is 0 Å². The molecule has 1 aliphatic heterocycles. The van der Waals surface area contributed by atoms with E-state index >= 15 is 0 Å². The van der Waals surface area contributed by atoms with Crippen LogP contribution in [0.2, 0.25) is 0 Å². The van der Waals surface area contributed by atoms with E-state index in [0.29, 0.717) is 6.54 Å². The zero-order valence-corrected chi connectivity index (χ0v) is 11.8. The molecule has 0 aromatic heterocycles. The molecular formula is C16H23FN2O. The predicted octanol–water partition coefficient (Wildman–Crippen LogP) is 1.89. The van der Waals surface area contributed by atoms with Crippen molar-refractivity contribution in [3.05, 3.63) is 35.6 Å². The molecule has 1 N–H and O–H groups in total. The second-order valence-corrected chi connectivity index (χ2v) is 6.11. The second kappa shape index (κ2) is 6.20. The lowest BCUT2D eigenvalue weighted by atomic mass is 10.1. The first-order chi connectivity index (χ1) is 9.70. The molecule has 1 unspecified atom stereocenters. The van der Waals surface area contributed by atoms with Gasteiger partial charge in [-0.15, -0.1) is 0 Å². The molecule has 0 radical (unpaired) electrons. The van der Waals surface area contributed by atoms with Crippen LogP contribution in [0.1, 0.15) is 24.5 Å². The smallest absolute Gasteiger partial charge is 0.123 e. The maximum Gasteiger partial charge on any atom is 0.123 e. The Morgan fingerprint density at radius 2 is 1.65 bits per heavy atom. The van der Waals surface area contributed by atoms with Gasteiger partial charge in [0.1, 0.15) is 5.82 Å².